The molecular weight excluding hydrogens is 364 g/mol. The Morgan fingerprint density at radius 2 is 1.96 bits per heavy atom. The van der Waals surface area contributed by atoms with Gasteiger partial charge < -0.3 is 9.73 Å². The van der Waals surface area contributed by atoms with Gasteiger partial charge in [0.25, 0.3) is 5.91 Å². The van der Waals surface area contributed by atoms with E-state index in [0.717, 1.165) is 22.6 Å². The average molecular weight is 381 g/mol. The first-order valence-corrected chi connectivity index (χ1v) is 8.81. The van der Waals surface area contributed by atoms with E-state index in [1.54, 1.807) is 35.9 Å². The number of carbonyl (C=O) groups is 1. The molecule has 0 aliphatic rings. The van der Waals surface area contributed by atoms with E-state index in [1.807, 2.05) is 32.0 Å². The monoisotopic (exact) mass is 380 g/mol. The van der Waals surface area contributed by atoms with Gasteiger partial charge in [-0.15, -0.1) is 0 Å². The molecule has 0 spiro atoms. The Labute approximate surface area is 160 Å². The predicted octanol–water partition coefficient (Wildman–Crippen LogP) is 4.84. The van der Waals surface area contributed by atoms with Crippen LogP contribution in [0, 0.1) is 20.8 Å². The van der Waals surface area contributed by atoms with Crippen molar-refractivity contribution in [1.29, 1.82) is 0 Å². The maximum Gasteiger partial charge on any atom is 0.255 e. The zero-order chi connectivity index (χ0) is 19.1. The molecule has 2 aromatic heterocycles. The second-order valence-electron chi connectivity index (χ2n) is 6.32. The number of rotatable bonds is 3. The van der Waals surface area contributed by atoms with Crippen molar-refractivity contribution in [1.82, 2.24) is 14.8 Å². The van der Waals surface area contributed by atoms with E-state index in [-0.39, 0.29) is 5.91 Å². The summed E-state index contributed by atoms with van der Waals surface area (Å²) in [5, 5.41) is 7.95. The fourth-order valence-corrected chi connectivity index (χ4v) is 3.09. The lowest BCUT2D eigenvalue weighted by Gasteiger charge is -2.08. The minimum atomic E-state index is -0.222. The Kier molecular flexibility index (Phi) is 4.20. The molecule has 0 fully saturated rings. The first kappa shape index (κ1) is 17.3. The van der Waals surface area contributed by atoms with Gasteiger partial charge in [0.1, 0.15) is 5.52 Å². The number of aromatic nitrogens is 3. The minimum Gasteiger partial charge on any atom is -0.441 e. The molecule has 0 saturated carbocycles. The number of halogens is 1. The zero-order valence-electron chi connectivity index (χ0n) is 15.1. The summed E-state index contributed by atoms with van der Waals surface area (Å²) in [6.07, 6.45) is 0. The van der Waals surface area contributed by atoms with Gasteiger partial charge in [-0.05, 0) is 44.2 Å². The molecule has 0 aliphatic carbocycles. The molecular formula is C20H17ClN4O2. The van der Waals surface area contributed by atoms with Crippen LogP contribution in [0.2, 0.25) is 5.02 Å². The Bertz CT molecular complexity index is 1180. The van der Waals surface area contributed by atoms with Crippen LogP contribution in [0.3, 0.4) is 0 Å². The number of nitrogens with zero attached hydrogens (tertiary/aromatic N) is 3. The molecule has 2 aromatic carbocycles. The van der Waals surface area contributed by atoms with E-state index in [4.69, 9.17) is 16.0 Å². The third-order valence-corrected chi connectivity index (χ3v) is 4.86. The SMILES string of the molecule is Cc1nc2ccc(NC(=O)c3cccc(-n4nc(C)c(Cl)c4C)c3)cc2o1. The summed E-state index contributed by atoms with van der Waals surface area (Å²) in [4.78, 5) is 16.9. The highest BCUT2D eigenvalue weighted by atomic mass is 35.5. The molecule has 4 rings (SSSR count). The van der Waals surface area contributed by atoms with Gasteiger partial charge in [-0.1, -0.05) is 17.7 Å². The molecule has 0 aliphatic heterocycles. The molecule has 0 saturated heterocycles. The number of hydrogen-bond acceptors (Lipinski definition) is 4. The number of carbonyl (C=O) groups excluding carboxylic acids is 1. The molecule has 1 amide bonds. The molecule has 6 nitrogen and oxygen atoms in total. The van der Waals surface area contributed by atoms with E-state index in [2.05, 4.69) is 15.4 Å². The number of benzene rings is 2. The highest BCUT2D eigenvalue weighted by Gasteiger charge is 2.13. The van der Waals surface area contributed by atoms with Gasteiger partial charge in [-0.25, -0.2) is 9.67 Å². The maximum atomic E-state index is 12.7. The highest BCUT2D eigenvalue weighted by Crippen LogP contribution is 2.24. The Balaban J connectivity index is 1.62. The van der Waals surface area contributed by atoms with Gasteiger partial charge in [0.05, 0.1) is 22.1 Å². The number of oxazole rings is 1. The molecule has 0 unspecified atom stereocenters. The fourth-order valence-electron chi connectivity index (χ4n) is 2.97. The topological polar surface area (TPSA) is 73.0 Å². The van der Waals surface area contributed by atoms with Crippen molar-refractivity contribution >= 4 is 34.3 Å². The number of anilines is 1. The van der Waals surface area contributed by atoms with Gasteiger partial charge >= 0.3 is 0 Å². The van der Waals surface area contributed by atoms with Crippen LogP contribution in [-0.4, -0.2) is 20.7 Å². The number of amides is 1. The number of hydrogen-bond donors (Lipinski definition) is 1. The number of aryl methyl sites for hydroxylation is 2. The van der Waals surface area contributed by atoms with Crippen molar-refractivity contribution in [2.45, 2.75) is 20.8 Å². The van der Waals surface area contributed by atoms with Crippen molar-refractivity contribution in [2.24, 2.45) is 0 Å². The van der Waals surface area contributed by atoms with E-state index < -0.39 is 0 Å². The standard InChI is InChI=1S/C20H17ClN4O2/c1-11-19(21)12(2)25(24-11)16-6-4-5-14(9-16)20(26)23-15-7-8-17-18(10-15)27-13(3)22-17/h4-10H,1-3H3,(H,23,26). The van der Waals surface area contributed by atoms with Crippen LogP contribution >= 0.6 is 11.6 Å². The summed E-state index contributed by atoms with van der Waals surface area (Å²) >= 11 is 6.23. The molecule has 1 N–H and O–H groups in total. The third-order valence-electron chi connectivity index (χ3n) is 4.31. The first-order valence-electron chi connectivity index (χ1n) is 8.43. The molecule has 0 radical (unpaired) electrons. The molecule has 0 atom stereocenters. The van der Waals surface area contributed by atoms with Crippen LogP contribution < -0.4 is 5.32 Å². The number of fused-ring (bicyclic) bond motifs is 1. The highest BCUT2D eigenvalue weighted by molar-refractivity contribution is 6.31. The molecule has 27 heavy (non-hydrogen) atoms. The van der Waals surface area contributed by atoms with E-state index in [0.29, 0.717) is 27.7 Å². The van der Waals surface area contributed by atoms with Crippen molar-refractivity contribution < 1.29 is 9.21 Å². The summed E-state index contributed by atoms with van der Waals surface area (Å²) in [5.41, 5.74) is 4.91. The Morgan fingerprint density at radius 3 is 2.70 bits per heavy atom. The summed E-state index contributed by atoms with van der Waals surface area (Å²) in [7, 11) is 0. The second kappa shape index (κ2) is 6.55. The van der Waals surface area contributed by atoms with Gasteiger partial charge in [0, 0.05) is 24.2 Å². The lowest BCUT2D eigenvalue weighted by Crippen LogP contribution is -2.12. The van der Waals surface area contributed by atoms with Gasteiger partial charge in [0.15, 0.2) is 11.5 Å². The lowest BCUT2D eigenvalue weighted by molar-refractivity contribution is 0.102. The zero-order valence-corrected chi connectivity index (χ0v) is 15.8. The van der Waals surface area contributed by atoms with Crippen molar-refractivity contribution in [3.05, 3.63) is 70.3 Å². The van der Waals surface area contributed by atoms with Crippen LogP contribution in [0.1, 0.15) is 27.6 Å². The van der Waals surface area contributed by atoms with Gasteiger partial charge in [0.2, 0.25) is 0 Å². The second-order valence-corrected chi connectivity index (χ2v) is 6.69. The van der Waals surface area contributed by atoms with Crippen LogP contribution in [0.5, 0.6) is 0 Å². The Morgan fingerprint density at radius 1 is 1.15 bits per heavy atom. The molecule has 7 heteroatoms. The largest absolute Gasteiger partial charge is 0.441 e. The molecule has 0 bridgehead atoms. The summed E-state index contributed by atoms with van der Waals surface area (Å²) in [5.74, 6) is 0.366. The molecule has 136 valence electrons. The van der Waals surface area contributed by atoms with Crippen LogP contribution in [0.4, 0.5) is 5.69 Å². The van der Waals surface area contributed by atoms with Crippen molar-refractivity contribution in [3.8, 4) is 5.69 Å². The third kappa shape index (κ3) is 3.19. The van der Waals surface area contributed by atoms with Gasteiger partial charge in [-0.3, -0.25) is 4.79 Å². The number of nitrogens with one attached hydrogen (secondary N) is 1. The van der Waals surface area contributed by atoms with E-state index in [9.17, 15) is 4.79 Å². The quantitative estimate of drug-likeness (QED) is 0.551. The smallest absolute Gasteiger partial charge is 0.255 e. The summed E-state index contributed by atoms with van der Waals surface area (Å²) in [6.45, 7) is 5.53. The predicted molar refractivity (Wildman–Crippen MR) is 105 cm³/mol. The van der Waals surface area contributed by atoms with E-state index in [1.165, 1.54) is 0 Å². The van der Waals surface area contributed by atoms with Crippen LogP contribution in [0.25, 0.3) is 16.8 Å². The fraction of sp³-hybridized carbons (Fsp3) is 0.150. The molecule has 4 aromatic rings. The van der Waals surface area contributed by atoms with Crippen LogP contribution in [0.15, 0.2) is 46.9 Å². The minimum absolute atomic E-state index is 0.222. The lowest BCUT2D eigenvalue weighted by atomic mass is 10.1. The maximum absolute atomic E-state index is 12.7. The normalized spacial score (nSPS) is 11.1. The Hall–Kier alpha value is -3.12. The van der Waals surface area contributed by atoms with Gasteiger partial charge in [-0.2, -0.15) is 5.10 Å². The van der Waals surface area contributed by atoms with Crippen molar-refractivity contribution in [2.75, 3.05) is 5.32 Å². The van der Waals surface area contributed by atoms with Crippen LogP contribution in [-0.2, 0) is 0 Å². The average Bonchev–Trinajstić information content (AvgIpc) is 3.15. The van der Waals surface area contributed by atoms with Crippen molar-refractivity contribution in [3.63, 3.8) is 0 Å². The first-order chi connectivity index (χ1) is 12.9. The summed E-state index contributed by atoms with van der Waals surface area (Å²) in [6, 6.07) is 12.6. The molecule has 2 heterocycles. The summed E-state index contributed by atoms with van der Waals surface area (Å²) < 4.78 is 7.25. The van der Waals surface area contributed by atoms with E-state index >= 15 is 0 Å².